The van der Waals surface area contributed by atoms with E-state index in [1.165, 1.54) is 0 Å². The molecule has 0 saturated heterocycles. The third kappa shape index (κ3) is 2.84. The molecule has 0 fully saturated rings. The van der Waals surface area contributed by atoms with E-state index in [0.717, 1.165) is 36.5 Å². The molecule has 17 heavy (non-hydrogen) atoms. The zero-order valence-corrected chi connectivity index (χ0v) is 10.3. The molecule has 0 bridgehead atoms. The lowest BCUT2D eigenvalue weighted by molar-refractivity contribution is 0.660. The van der Waals surface area contributed by atoms with Gasteiger partial charge in [-0.3, -0.25) is 9.67 Å². The second-order valence-electron chi connectivity index (χ2n) is 3.94. The second-order valence-corrected chi connectivity index (χ2v) is 3.94. The minimum atomic E-state index is 0.883. The number of nitrogens with zero attached hydrogens (tertiary/aromatic N) is 3. The molecule has 2 heterocycles. The van der Waals surface area contributed by atoms with Crippen molar-refractivity contribution in [3.8, 4) is 11.3 Å². The summed E-state index contributed by atoms with van der Waals surface area (Å²) in [6.45, 7) is 6.09. The normalized spacial score (nSPS) is 10.5. The van der Waals surface area contributed by atoms with Crippen molar-refractivity contribution in [3.05, 3.63) is 30.7 Å². The molecule has 0 aromatic carbocycles. The summed E-state index contributed by atoms with van der Waals surface area (Å²) in [5.41, 5.74) is 3.14. The topological polar surface area (TPSA) is 42.7 Å². The van der Waals surface area contributed by atoms with Crippen LogP contribution < -0.4 is 5.32 Å². The monoisotopic (exact) mass is 230 g/mol. The van der Waals surface area contributed by atoms with Crippen LogP contribution in [-0.4, -0.2) is 21.3 Å². The molecule has 0 aliphatic carbocycles. The Kier molecular flexibility index (Phi) is 3.75. The Labute approximate surface area is 102 Å². The van der Waals surface area contributed by atoms with Crippen molar-refractivity contribution in [1.82, 2.24) is 14.8 Å². The van der Waals surface area contributed by atoms with Gasteiger partial charge < -0.3 is 5.32 Å². The van der Waals surface area contributed by atoms with Crippen LogP contribution in [-0.2, 0) is 6.54 Å². The van der Waals surface area contributed by atoms with E-state index in [1.807, 2.05) is 29.3 Å². The first-order chi connectivity index (χ1) is 8.33. The zero-order chi connectivity index (χ0) is 12.1. The van der Waals surface area contributed by atoms with Gasteiger partial charge in [0.05, 0.1) is 11.9 Å². The summed E-state index contributed by atoms with van der Waals surface area (Å²) in [6, 6.07) is 4.05. The molecule has 0 radical (unpaired) electrons. The summed E-state index contributed by atoms with van der Waals surface area (Å²) in [4.78, 5) is 4.37. The first-order valence-corrected chi connectivity index (χ1v) is 6.06. The first kappa shape index (κ1) is 11.6. The maximum Gasteiger partial charge on any atom is 0.0754 e. The SMILES string of the molecule is CCCNc1ccnc(-c2cnn(CC)c2)c1. The Balaban J connectivity index is 2.20. The van der Waals surface area contributed by atoms with Gasteiger partial charge in [-0.25, -0.2) is 0 Å². The van der Waals surface area contributed by atoms with Crippen LogP contribution in [0.15, 0.2) is 30.7 Å². The molecule has 0 atom stereocenters. The third-order valence-electron chi connectivity index (χ3n) is 2.59. The first-order valence-electron chi connectivity index (χ1n) is 6.06. The molecule has 0 amide bonds. The van der Waals surface area contributed by atoms with Crippen LogP contribution in [0.4, 0.5) is 5.69 Å². The Morgan fingerprint density at radius 3 is 2.94 bits per heavy atom. The lowest BCUT2D eigenvalue weighted by Gasteiger charge is -2.05. The second kappa shape index (κ2) is 5.48. The number of hydrogen-bond acceptors (Lipinski definition) is 3. The summed E-state index contributed by atoms with van der Waals surface area (Å²) < 4.78 is 1.91. The fraction of sp³-hybridized carbons (Fsp3) is 0.385. The van der Waals surface area contributed by atoms with Crippen LogP contribution in [0, 0.1) is 0 Å². The van der Waals surface area contributed by atoms with Crippen molar-refractivity contribution in [2.45, 2.75) is 26.8 Å². The third-order valence-corrected chi connectivity index (χ3v) is 2.59. The van der Waals surface area contributed by atoms with Gasteiger partial charge in [-0.2, -0.15) is 5.10 Å². The summed E-state index contributed by atoms with van der Waals surface area (Å²) in [5.74, 6) is 0. The number of pyridine rings is 1. The maximum absolute atomic E-state index is 4.37. The highest BCUT2D eigenvalue weighted by Crippen LogP contribution is 2.19. The quantitative estimate of drug-likeness (QED) is 0.858. The van der Waals surface area contributed by atoms with E-state index in [9.17, 15) is 0 Å². The highest BCUT2D eigenvalue weighted by molar-refractivity contribution is 5.62. The molecule has 4 heteroatoms. The number of nitrogens with one attached hydrogen (secondary N) is 1. The number of anilines is 1. The van der Waals surface area contributed by atoms with Crippen LogP contribution in [0.25, 0.3) is 11.3 Å². The van der Waals surface area contributed by atoms with Crippen LogP contribution in [0.3, 0.4) is 0 Å². The van der Waals surface area contributed by atoms with Gasteiger partial charge in [0.2, 0.25) is 0 Å². The van der Waals surface area contributed by atoms with Crippen LogP contribution in [0.1, 0.15) is 20.3 Å². The summed E-state index contributed by atoms with van der Waals surface area (Å²) >= 11 is 0. The zero-order valence-electron chi connectivity index (χ0n) is 10.3. The van der Waals surface area contributed by atoms with Gasteiger partial charge in [-0.05, 0) is 25.5 Å². The maximum atomic E-state index is 4.37. The fourth-order valence-corrected chi connectivity index (χ4v) is 1.64. The standard InChI is InChI=1S/C13H18N4/c1-3-6-14-12-5-7-15-13(8-12)11-9-16-17(4-2)10-11/h5,7-10H,3-4,6H2,1-2H3,(H,14,15). The molecule has 2 aromatic heterocycles. The molecular formula is C13H18N4. The predicted molar refractivity (Wildman–Crippen MR) is 69.9 cm³/mol. The highest BCUT2D eigenvalue weighted by Gasteiger charge is 2.03. The molecule has 90 valence electrons. The van der Waals surface area contributed by atoms with Gasteiger partial charge in [0, 0.05) is 36.7 Å². The smallest absolute Gasteiger partial charge is 0.0754 e. The average Bonchev–Trinajstić information content (AvgIpc) is 2.85. The van der Waals surface area contributed by atoms with E-state index >= 15 is 0 Å². The molecular weight excluding hydrogens is 212 g/mol. The van der Waals surface area contributed by atoms with Crippen molar-refractivity contribution < 1.29 is 0 Å². The lowest BCUT2D eigenvalue weighted by Crippen LogP contribution is -1.99. The van der Waals surface area contributed by atoms with E-state index in [4.69, 9.17) is 0 Å². The summed E-state index contributed by atoms with van der Waals surface area (Å²) in [5, 5.41) is 7.62. The summed E-state index contributed by atoms with van der Waals surface area (Å²) in [6.07, 6.45) is 6.82. The molecule has 4 nitrogen and oxygen atoms in total. The number of aryl methyl sites for hydroxylation is 1. The van der Waals surface area contributed by atoms with E-state index < -0.39 is 0 Å². The van der Waals surface area contributed by atoms with Crippen molar-refractivity contribution in [3.63, 3.8) is 0 Å². The molecule has 0 unspecified atom stereocenters. The van der Waals surface area contributed by atoms with Crippen LogP contribution in [0.5, 0.6) is 0 Å². The van der Waals surface area contributed by atoms with Gasteiger partial charge in [-0.1, -0.05) is 6.92 Å². The highest BCUT2D eigenvalue weighted by atomic mass is 15.3. The predicted octanol–water partition coefficient (Wildman–Crippen LogP) is 2.79. The van der Waals surface area contributed by atoms with Gasteiger partial charge in [0.25, 0.3) is 0 Å². The molecule has 0 spiro atoms. The number of aromatic nitrogens is 3. The summed E-state index contributed by atoms with van der Waals surface area (Å²) in [7, 11) is 0. The Bertz CT molecular complexity index is 476. The van der Waals surface area contributed by atoms with Crippen molar-refractivity contribution in [2.24, 2.45) is 0 Å². The van der Waals surface area contributed by atoms with Crippen molar-refractivity contribution in [2.75, 3.05) is 11.9 Å². The van der Waals surface area contributed by atoms with E-state index in [-0.39, 0.29) is 0 Å². The van der Waals surface area contributed by atoms with E-state index in [0.29, 0.717) is 0 Å². The average molecular weight is 230 g/mol. The van der Waals surface area contributed by atoms with Gasteiger partial charge in [-0.15, -0.1) is 0 Å². The molecule has 0 saturated carbocycles. The Morgan fingerprint density at radius 1 is 1.35 bits per heavy atom. The number of rotatable bonds is 5. The molecule has 2 aromatic rings. The van der Waals surface area contributed by atoms with Gasteiger partial charge >= 0.3 is 0 Å². The van der Waals surface area contributed by atoms with Gasteiger partial charge in [0.15, 0.2) is 0 Å². The Hall–Kier alpha value is -1.84. The molecule has 0 aliphatic rings. The van der Waals surface area contributed by atoms with Crippen LogP contribution >= 0.6 is 0 Å². The minimum Gasteiger partial charge on any atom is -0.385 e. The van der Waals surface area contributed by atoms with Gasteiger partial charge in [0.1, 0.15) is 0 Å². The minimum absolute atomic E-state index is 0.883. The van der Waals surface area contributed by atoms with Crippen molar-refractivity contribution in [1.29, 1.82) is 0 Å². The number of hydrogen-bond donors (Lipinski definition) is 1. The lowest BCUT2D eigenvalue weighted by atomic mass is 10.2. The fourth-order valence-electron chi connectivity index (χ4n) is 1.64. The van der Waals surface area contributed by atoms with Crippen LogP contribution in [0.2, 0.25) is 0 Å². The van der Waals surface area contributed by atoms with Crippen molar-refractivity contribution >= 4 is 5.69 Å². The Morgan fingerprint density at radius 2 is 2.24 bits per heavy atom. The molecule has 0 aliphatic heterocycles. The molecule has 2 rings (SSSR count). The molecule has 1 N–H and O–H groups in total. The van der Waals surface area contributed by atoms with E-state index in [2.05, 4.69) is 35.3 Å². The largest absolute Gasteiger partial charge is 0.385 e. The van der Waals surface area contributed by atoms with E-state index in [1.54, 1.807) is 0 Å².